The molecule has 0 spiro atoms. The van der Waals surface area contributed by atoms with E-state index in [9.17, 15) is 0 Å². The van der Waals surface area contributed by atoms with Gasteiger partial charge in [-0.1, -0.05) is 159 Å². The van der Waals surface area contributed by atoms with Crippen LogP contribution in [0.3, 0.4) is 0 Å². The molecule has 1 heteroatoms. The van der Waals surface area contributed by atoms with E-state index in [4.69, 9.17) is 0 Å². The average molecular weight is 640 g/mol. The summed E-state index contributed by atoms with van der Waals surface area (Å²) in [6.07, 6.45) is 0. The van der Waals surface area contributed by atoms with Crippen molar-refractivity contribution in [1.82, 2.24) is 0 Å². The lowest BCUT2D eigenvalue weighted by atomic mass is 9.79. The predicted molar refractivity (Wildman–Crippen MR) is 213 cm³/mol. The molecule has 50 heavy (non-hydrogen) atoms. The number of benzene rings is 8. The Morgan fingerprint density at radius 3 is 1.32 bits per heavy atom. The number of rotatable bonds is 6. The molecule has 1 nitrogen and oxygen atoms in total. The van der Waals surface area contributed by atoms with E-state index in [1.165, 1.54) is 66.4 Å². The minimum atomic E-state index is -0.141. The first-order valence-electron chi connectivity index (χ1n) is 17.4. The lowest BCUT2D eigenvalue weighted by Crippen LogP contribution is -2.16. The van der Waals surface area contributed by atoms with E-state index in [0.29, 0.717) is 0 Å². The van der Waals surface area contributed by atoms with Gasteiger partial charge in [0, 0.05) is 22.5 Å². The monoisotopic (exact) mass is 639 g/mol. The van der Waals surface area contributed by atoms with E-state index in [1.807, 2.05) is 0 Å². The second kappa shape index (κ2) is 12.1. The van der Waals surface area contributed by atoms with Crippen LogP contribution in [0.1, 0.15) is 25.0 Å². The van der Waals surface area contributed by atoms with Crippen LogP contribution in [0, 0.1) is 0 Å². The fourth-order valence-electron chi connectivity index (χ4n) is 8.01. The molecule has 8 aromatic carbocycles. The Balaban J connectivity index is 1.22. The van der Waals surface area contributed by atoms with Gasteiger partial charge in [0.15, 0.2) is 0 Å². The highest BCUT2D eigenvalue weighted by atomic mass is 15.1. The largest absolute Gasteiger partial charge is 0.310 e. The summed E-state index contributed by atoms with van der Waals surface area (Å²) in [5, 5.41) is 2.63. The summed E-state index contributed by atoms with van der Waals surface area (Å²) in [5.41, 5.74) is 16.0. The highest BCUT2D eigenvalue weighted by Gasteiger charge is 2.38. The molecule has 0 bridgehead atoms. The predicted octanol–water partition coefficient (Wildman–Crippen LogP) is 13.6. The number of hydrogen-bond donors (Lipinski definition) is 0. The summed E-state index contributed by atoms with van der Waals surface area (Å²) >= 11 is 0. The first-order chi connectivity index (χ1) is 24.6. The molecule has 0 N–H and O–H groups in total. The third-order valence-corrected chi connectivity index (χ3v) is 10.4. The summed E-state index contributed by atoms with van der Waals surface area (Å²) in [5.74, 6) is 0. The molecule has 0 fully saturated rings. The van der Waals surface area contributed by atoms with Crippen LogP contribution in [-0.2, 0) is 5.41 Å². The first-order valence-corrected chi connectivity index (χ1v) is 17.4. The minimum absolute atomic E-state index is 0.141. The molecule has 9 rings (SSSR count). The van der Waals surface area contributed by atoms with Crippen molar-refractivity contribution in [3.63, 3.8) is 0 Å². The molecule has 0 unspecified atom stereocenters. The Labute approximate surface area is 294 Å². The molecular weight excluding hydrogens is 603 g/mol. The van der Waals surface area contributed by atoms with Gasteiger partial charge in [0.1, 0.15) is 0 Å². The Hall–Kier alpha value is -6.18. The molecule has 1 aliphatic carbocycles. The molecule has 0 aromatic heterocycles. The van der Waals surface area contributed by atoms with Crippen molar-refractivity contribution >= 4 is 27.8 Å². The molecule has 1 aliphatic rings. The van der Waals surface area contributed by atoms with Crippen molar-refractivity contribution in [2.24, 2.45) is 0 Å². The minimum Gasteiger partial charge on any atom is -0.310 e. The maximum atomic E-state index is 2.44. The summed E-state index contributed by atoms with van der Waals surface area (Å²) in [6, 6.07) is 68.4. The lowest BCUT2D eigenvalue weighted by molar-refractivity contribution is 0.666. The molecule has 0 amide bonds. The van der Waals surface area contributed by atoms with E-state index in [1.54, 1.807) is 0 Å². The first kappa shape index (κ1) is 29.9. The number of hydrogen-bond acceptors (Lipinski definition) is 1. The molecule has 0 aliphatic heterocycles. The van der Waals surface area contributed by atoms with Gasteiger partial charge in [-0.05, 0) is 109 Å². The van der Waals surface area contributed by atoms with E-state index in [0.717, 1.165) is 17.1 Å². The molecule has 8 aromatic rings. The van der Waals surface area contributed by atoms with Crippen LogP contribution in [0.15, 0.2) is 188 Å². The van der Waals surface area contributed by atoms with Crippen molar-refractivity contribution in [2.45, 2.75) is 19.3 Å². The van der Waals surface area contributed by atoms with Gasteiger partial charge in [-0.2, -0.15) is 0 Å². The van der Waals surface area contributed by atoms with Crippen LogP contribution < -0.4 is 4.90 Å². The van der Waals surface area contributed by atoms with Crippen LogP contribution in [0.4, 0.5) is 17.1 Å². The van der Waals surface area contributed by atoms with Gasteiger partial charge in [0.25, 0.3) is 0 Å². The van der Waals surface area contributed by atoms with Gasteiger partial charge in [0.2, 0.25) is 0 Å². The van der Waals surface area contributed by atoms with Crippen LogP contribution in [0.2, 0.25) is 0 Å². The molecule has 0 atom stereocenters. The van der Waals surface area contributed by atoms with Gasteiger partial charge in [0.05, 0.1) is 0 Å². The van der Waals surface area contributed by atoms with Gasteiger partial charge < -0.3 is 4.90 Å². The van der Waals surface area contributed by atoms with E-state index in [2.05, 4.69) is 207 Å². The molecule has 0 saturated heterocycles. The van der Waals surface area contributed by atoms with Gasteiger partial charge >= 0.3 is 0 Å². The molecular formula is C49H37N. The third kappa shape index (κ3) is 5.02. The maximum Gasteiger partial charge on any atom is 0.0468 e. The zero-order valence-corrected chi connectivity index (χ0v) is 28.3. The standard InChI is InChI=1S/C49H37N/c1-49(2)47-31-30-41(32-45(47)46-33-44(38-18-10-5-11-19-38)42-20-12-13-21-43(42)48(46)49)50(39-26-22-36(23-27-39)34-14-6-3-7-15-34)40-28-24-37(25-29-40)35-16-8-4-9-17-35/h3-33H,1-2H3. The summed E-state index contributed by atoms with van der Waals surface area (Å²) in [7, 11) is 0. The molecule has 0 radical (unpaired) electrons. The Bertz CT molecular complexity index is 2380. The molecule has 0 heterocycles. The van der Waals surface area contributed by atoms with E-state index < -0.39 is 0 Å². The van der Waals surface area contributed by atoms with Gasteiger partial charge in [-0.25, -0.2) is 0 Å². The maximum absolute atomic E-state index is 2.44. The second-order valence-corrected chi connectivity index (χ2v) is 13.8. The van der Waals surface area contributed by atoms with Crippen LogP contribution >= 0.6 is 0 Å². The number of anilines is 3. The number of fused-ring (bicyclic) bond motifs is 5. The van der Waals surface area contributed by atoms with Crippen molar-refractivity contribution in [3.8, 4) is 44.5 Å². The normalized spacial score (nSPS) is 12.8. The molecule has 0 saturated carbocycles. The average Bonchev–Trinajstić information content (AvgIpc) is 3.41. The van der Waals surface area contributed by atoms with Crippen molar-refractivity contribution in [2.75, 3.05) is 4.90 Å². The fraction of sp³-hybridized carbons (Fsp3) is 0.0612. The van der Waals surface area contributed by atoms with E-state index >= 15 is 0 Å². The zero-order valence-electron chi connectivity index (χ0n) is 28.3. The van der Waals surface area contributed by atoms with Gasteiger partial charge in [-0.3, -0.25) is 0 Å². The highest BCUT2D eigenvalue weighted by molar-refractivity contribution is 6.06. The topological polar surface area (TPSA) is 3.24 Å². The third-order valence-electron chi connectivity index (χ3n) is 10.4. The molecule has 238 valence electrons. The SMILES string of the molecule is CC1(C)c2ccc(N(c3ccc(-c4ccccc4)cc3)c3ccc(-c4ccccc4)cc3)cc2-c2cc(-c3ccccc3)c3ccccc3c21. The fourth-order valence-corrected chi connectivity index (χ4v) is 8.01. The highest BCUT2D eigenvalue weighted by Crippen LogP contribution is 2.54. The quantitative estimate of drug-likeness (QED) is 0.175. The Morgan fingerprint density at radius 2 is 0.780 bits per heavy atom. The summed E-state index contributed by atoms with van der Waals surface area (Å²) in [4.78, 5) is 2.40. The zero-order chi connectivity index (χ0) is 33.7. The Morgan fingerprint density at radius 1 is 0.340 bits per heavy atom. The van der Waals surface area contributed by atoms with Crippen LogP contribution in [-0.4, -0.2) is 0 Å². The van der Waals surface area contributed by atoms with Gasteiger partial charge in [-0.15, -0.1) is 0 Å². The smallest absolute Gasteiger partial charge is 0.0468 e. The Kier molecular flexibility index (Phi) is 7.21. The number of nitrogens with zero attached hydrogens (tertiary/aromatic N) is 1. The van der Waals surface area contributed by atoms with Crippen molar-refractivity contribution in [3.05, 3.63) is 199 Å². The van der Waals surface area contributed by atoms with Crippen LogP contribution in [0.25, 0.3) is 55.3 Å². The van der Waals surface area contributed by atoms with Crippen molar-refractivity contribution < 1.29 is 0 Å². The lowest BCUT2D eigenvalue weighted by Gasteiger charge is -2.27. The van der Waals surface area contributed by atoms with Crippen LogP contribution in [0.5, 0.6) is 0 Å². The summed E-state index contributed by atoms with van der Waals surface area (Å²) in [6.45, 7) is 4.77. The van der Waals surface area contributed by atoms with E-state index in [-0.39, 0.29) is 5.41 Å². The van der Waals surface area contributed by atoms with Crippen molar-refractivity contribution in [1.29, 1.82) is 0 Å². The second-order valence-electron chi connectivity index (χ2n) is 13.8. The summed E-state index contributed by atoms with van der Waals surface area (Å²) < 4.78 is 0.